The molecule has 11 heteroatoms. The van der Waals surface area contributed by atoms with E-state index in [0.29, 0.717) is 6.07 Å². The number of aromatic amines is 1. The van der Waals surface area contributed by atoms with Gasteiger partial charge in [-0.15, -0.1) is 10.2 Å². The summed E-state index contributed by atoms with van der Waals surface area (Å²) in [5, 5.41) is 23.2. The topological polar surface area (TPSA) is 90.3 Å². The van der Waals surface area contributed by atoms with Crippen LogP contribution in [0.15, 0.2) is 18.3 Å². The number of aromatic nitrogens is 4. The first-order chi connectivity index (χ1) is 10.3. The molecular formula is C11H5F5N6. The van der Waals surface area contributed by atoms with Crippen LogP contribution in [0.2, 0.25) is 0 Å². The van der Waals surface area contributed by atoms with Crippen LogP contribution in [0.3, 0.4) is 0 Å². The number of nitriles is 1. The molecule has 2 aromatic rings. The van der Waals surface area contributed by atoms with Gasteiger partial charge in [-0.25, -0.2) is 8.78 Å². The molecule has 22 heavy (non-hydrogen) atoms. The Bertz CT molecular complexity index is 744. The summed E-state index contributed by atoms with van der Waals surface area (Å²) in [4.78, 5) is 0. The second kappa shape index (κ2) is 5.76. The van der Waals surface area contributed by atoms with Crippen molar-refractivity contribution in [3.8, 4) is 6.07 Å². The molecule has 6 nitrogen and oxygen atoms in total. The minimum Gasteiger partial charge on any atom is -0.358 e. The zero-order valence-corrected chi connectivity index (χ0v) is 10.4. The van der Waals surface area contributed by atoms with Gasteiger partial charge in [0.15, 0.2) is 5.82 Å². The fraction of sp³-hybridized carbons (Fsp3) is 0.0909. The van der Waals surface area contributed by atoms with Gasteiger partial charge in [0, 0.05) is 6.20 Å². The molecule has 0 fully saturated rings. The van der Waals surface area contributed by atoms with Crippen molar-refractivity contribution in [1.82, 2.24) is 20.6 Å². The molecule has 2 N–H and O–H groups in total. The highest BCUT2D eigenvalue weighted by molar-refractivity contribution is 5.74. The minimum atomic E-state index is -5.19. The van der Waals surface area contributed by atoms with Crippen LogP contribution >= 0.6 is 0 Å². The molecule has 0 saturated heterocycles. The molecule has 1 heterocycles. The summed E-state index contributed by atoms with van der Waals surface area (Å²) in [6.45, 7) is 0. The van der Waals surface area contributed by atoms with Crippen LogP contribution in [0, 0.1) is 23.0 Å². The zero-order valence-electron chi connectivity index (χ0n) is 10.4. The lowest BCUT2D eigenvalue weighted by Gasteiger charge is -2.12. The van der Waals surface area contributed by atoms with Gasteiger partial charge >= 0.3 is 6.18 Å². The second-order valence-electron chi connectivity index (χ2n) is 3.83. The molecule has 1 aromatic carbocycles. The molecule has 0 atom stereocenters. The summed E-state index contributed by atoms with van der Waals surface area (Å²) in [6.07, 6.45) is -4.32. The van der Waals surface area contributed by atoms with Crippen LogP contribution in [-0.2, 0) is 6.18 Å². The summed E-state index contributed by atoms with van der Waals surface area (Å²) in [7, 11) is 0. The van der Waals surface area contributed by atoms with E-state index in [9.17, 15) is 22.0 Å². The molecule has 0 amide bonds. The molecule has 0 bridgehead atoms. The second-order valence-corrected chi connectivity index (χ2v) is 3.83. The van der Waals surface area contributed by atoms with E-state index in [1.165, 1.54) is 0 Å². The van der Waals surface area contributed by atoms with Crippen molar-refractivity contribution in [1.29, 1.82) is 5.26 Å². The molecule has 0 aliphatic carbocycles. The fourth-order valence-corrected chi connectivity index (χ4v) is 1.50. The van der Waals surface area contributed by atoms with Crippen molar-refractivity contribution < 1.29 is 22.0 Å². The maximum absolute atomic E-state index is 13.7. The highest BCUT2D eigenvalue weighted by atomic mass is 19.4. The quantitative estimate of drug-likeness (QED) is 0.670. The molecule has 1 aromatic heterocycles. The standard InChI is InChI=1S/C11H5F5N6/c12-6-1-2-7(9(13)8(6)11(14,15)16)18-4-5(3-17)10-19-21-22-20-10/h1-2,4,18H,(H,19,20,21,22). The summed E-state index contributed by atoms with van der Waals surface area (Å²) >= 11 is 0. The van der Waals surface area contributed by atoms with E-state index in [-0.39, 0.29) is 11.4 Å². The van der Waals surface area contributed by atoms with Crippen molar-refractivity contribution in [3.63, 3.8) is 0 Å². The number of benzene rings is 1. The van der Waals surface area contributed by atoms with Crippen LogP contribution in [0.1, 0.15) is 11.4 Å². The van der Waals surface area contributed by atoms with E-state index in [1.54, 1.807) is 6.07 Å². The van der Waals surface area contributed by atoms with Crippen molar-refractivity contribution in [2.24, 2.45) is 0 Å². The average molecular weight is 316 g/mol. The number of H-pyrrole nitrogens is 1. The molecule has 0 saturated carbocycles. The number of tetrazole rings is 1. The maximum atomic E-state index is 13.7. The van der Waals surface area contributed by atoms with Gasteiger partial charge in [0.25, 0.3) is 0 Å². The van der Waals surface area contributed by atoms with Gasteiger partial charge < -0.3 is 5.32 Å². The lowest BCUT2D eigenvalue weighted by molar-refractivity contribution is -0.142. The number of nitrogens with zero attached hydrogens (tertiary/aromatic N) is 4. The number of anilines is 1. The number of nitrogens with one attached hydrogen (secondary N) is 2. The van der Waals surface area contributed by atoms with E-state index < -0.39 is 29.1 Å². The largest absolute Gasteiger partial charge is 0.422 e. The van der Waals surface area contributed by atoms with E-state index in [2.05, 4.69) is 25.9 Å². The molecule has 0 radical (unpaired) electrons. The van der Waals surface area contributed by atoms with E-state index in [0.717, 1.165) is 12.3 Å². The number of hydrogen-bond acceptors (Lipinski definition) is 5. The normalized spacial score (nSPS) is 12.1. The van der Waals surface area contributed by atoms with Gasteiger partial charge in [-0.1, -0.05) is 0 Å². The van der Waals surface area contributed by atoms with Crippen molar-refractivity contribution in [2.75, 3.05) is 5.32 Å². The molecule has 0 aliphatic rings. The first kappa shape index (κ1) is 15.4. The Morgan fingerprint density at radius 3 is 2.59 bits per heavy atom. The van der Waals surface area contributed by atoms with Crippen LogP contribution in [0.5, 0.6) is 0 Å². The van der Waals surface area contributed by atoms with Crippen LogP contribution < -0.4 is 5.32 Å². The van der Waals surface area contributed by atoms with Gasteiger partial charge in [0.1, 0.15) is 23.0 Å². The monoisotopic (exact) mass is 316 g/mol. The Morgan fingerprint density at radius 2 is 2.05 bits per heavy atom. The van der Waals surface area contributed by atoms with Gasteiger partial charge in [-0.2, -0.15) is 23.6 Å². The van der Waals surface area contributed by atoms with Gasteiger partial charge in [-0.05, 0) is 17.3 Å². The van der Waals surface area contributed by atoms with E-state index >= 15 is 0 Å². The predicted molar refractivity (Wildman–Crippen MR) is 62.8 cm³/mol. The Kier molecular flexibility index (Phi) is 4.02. The average Bonchev–Trinajstić information content (AvgIpc) is 2.94. The first-order valence-corrected chi connectivity index (χ1v) is 5.50. The van der Waals surface area contributed by atoms with Gasteiger partial charge in [0.05, 0.1) is 5.69 Å². The molecule has 0 unspecified atom stereocenters. The number of allylic oxidation sites excluding steroid dienone is 1. The third kappa shape index (κ3) is 3.00. The number of rotatable bonds is 3. The third-order valence-electron chi connectivity index (χ3n) is 2.45. The van der Waals surface area contributed by atoms with Crippen LogP contribution in [-0.4, -0.2) is 20.6 Å². The molecule has 0 aliphatic heterocycles. The zero-order chi connectivity index (χ0) is 16.3. The lowest BCUT2D eigenvalue weighted by atomic mass is 10.1. The Balaban J connectivity index is 2.37. The van der Waals surface area contributed by atoms with Crippen molar-refractivity contribution >= 4 is 11.3 Å². The van der Waals surface area contributed by atoms with Gasteiger partial charge in [0.2, 0.25) is 5.82 Å². The maximum Gasteiger partial charge on any atom is 0.422 e. The Labute approximate surface area is 119 Å². The van der Waals surface area contributed by atoms with Gasteiger partial charge in [-0.3, -0.25) is 0 Å². The number of halogens is 5. The van der Waals surface area contributed by atoms with E-state index in [1.807, 2.05) is 0 Å². The minimum absolute atomic E-state index is 0.145. The summed E-state index contributed by atoms with van der Waals surface area (Å²) in [5.74, 6) is -3.71. The third-order valence-corrected chi connectivity index (χ3v) is 2.45. The van der Waals surface area contributed by atoms with Crippen molar-refractivity contribution in [2.45, 2.75) is 6.18 Å². The SMILES string of the molecule is N#CC(=CNc1ccc(F)c(C(F)(F)F)c1F)c1nn[nH]n1. The fourth-order valence-electron chi connectivity index (χ4n) is 1.50. The molecule has 0 spiro atoms. The number of alkyl halides is 3. The molecule has 114 valence electrons. The predicted octanol–water partition coefficient (Wildman–Crippen LogP) is 2.47. The van der Waals surface area contributed by atoms with Crippen LogP contribution in [0.25, 0.3) is 5.57 Å². The van der Waals surface area contributed by atoms with E-state index in [4.69, 9.17) is 5.26 Å². The highest BCUT2D eigenvalue weighted by Crippen LogP contribution is 2.36. The number of hydrogen-bond donors (Lipinski definition) is 2. The molecular weight excluding hydrogens is 311 g/mol. The Morgan fingerprint density at radius 1 is 1.32 bits per heavy atom. The lowest BCUT2D eigenvalue weighted by Crippen LogP contribution is -2.12. The summed E-state index contributed by atoms with van der Waals surface area (Å²) in [6, 6.07) is 2.87. The van der Waals surface area contributed by atoms with Crippen molar-refractivity contribution in [3.05, 3.63) is 41.4 Å². The smallest absolute Gasteiger partial charge is 0.358 e. The first-order valence-electron chi connectivity index (χ1n) is 5.50. The highest BCUT2D eigenvalue weighted by Gasteiger charge is 2.38. The summed E-state index contributed by atoms with van der Waals surface area (Å²) in [5.41, 5.74) is -2.90. The summed E-state index contributed by atoms with van der Waals surface area (Å²) < 4.78 is 64.6. The molecule has 2 rings (SSSR count). The Hall–Kier alpha value is -3.03. The van der Waals surface area contributed by atoms with Crippen LogP contribution in [0.4, 0.5) is 27.6 Å².